The standard InChI is InChI=1S/C42H36ClFN4O5S/c1-5-21-6-10-24(11-7-21)47-38(50)26-13-12-25-28(35(26)40(47)52)18-29-39(51)48(41(53)42(29,3)36(25)22-8-14-32(49)30(44)16-22)34-19-31(45-46(34)4)37-20(2)27-17-23(43)9-15-33(27)54-37/h6-12,14-17,19,26,28-29,35-36,49H,5,13,18H2,1-4H3/t26-,28+,29-,35-,36-,42+/m0/s1. The first-order valence-corrected chi connectivity index (χ1v) is 19.3. The first-order chi connectivity index (χ1) is 25.8. The first kappa shape index (κ1) is 34.6. The van der Waals surface area contributed by atoms with Crippen LogP contribution >= 0.6 is 22.9 Å². The Kier molecular flexibility index (Phi) is 7.82. The summed E-state index contributed by atoms with van der Waals surface area (Å²) >= 11 is 7.85. The molecule has 0 bridgehead atoms. The van der Waals surface area contributed by atoms with Crippen LogP contribution in [0.5, 0.6) is 5.75 Å². The zero-order valence-electron chi connectivity index (χ0n) is 30.0. The van der Waals surface area contributed by atoms with Crippen molar-refractivity contribution in [3.8, 4) is 16.3 Å². The van der Waals surface area contributed by atoms with Gasteiger partial charge in [0.05, 0.1) is 33.7 Å². The molecular weight excluding hydrogens is 727 g/mol. The van der Waals surface area contributed by atoms with Gasteiger partial charge in [0.25, 0.3) is 0 Å². The average Bonchev–Trinajstić information content (AvgIpc) is 3.83. The van der Waals surface area contributed by atoms with Crippen molar-refractivity contribution in [3.63, 3.8) is 0 Å². The van der Waals surface area contributed by atoms with E-state index in [0.29, 0.717) is 27.8 Å². The summed E-state index contributed by atoms with van der Waals surface area (Å²) in [5.74, 6) is -6.31. The molecule has 2 aliphatic carbocycles. The van der Waals surface area contributed by atoms with E-state index in [1.54, 1.807) is 49.6 Å². The van der Waals surface area contributed by atoms with Gasteiger partial charge in [-0.05, 0) is 104 Å². The number of hydrogen-bond donors (Lipinski definition) is 1. The van der Waals surface area contributed by atoms with E-state index < -0.39 is 58.4 Å². The second kappa shape index (κ2) is 12.2. The summed E-state index contributed by atoms with van der Waals surface area (Å²) in [7, 11) is 1.69. The van der Waals surface area contributed by atoms with Gasteiger partial charge in [0, 0.05) is 28.8 Å². The average molecular weight is 763 g/mol. The summed E-state index contributed by atoms with van der Waals surface area (Å²) in [5, 5.41) is 16.5. The summed E-state index contributed by atoms with van der Waals surface area (Å²) in [6.45, 7) is 5.76. The number of imide groups is 2. The molecular formula is C42H36ClFN4O5S. The second-order valence-electron chi connectivity index (χ2n) is 15.1. The molecule has 1 saturated carbocycles. The van der Waals surface area contributed by atoms with E-state index in [-0.39, 0.29) is 24.7 Å². The number of nitrogens with zero attached hydrogens (tertiary/aromatic N) is 4. The van der Waals surface area contributed by atoms with Crippen molar-refractivity contribution in [2.45, 2.75) is 46.0 Å². The van der Waals surface area contributed by atoms with E-state index in [4.69, 9.17) is 16.7 Å². The predicted molar refractivity (Wildman–Crippen MR) is 205 cm³/mol. The number of fused-ring (bicyclic) bond motifs is 5. The highest BCUT2D eigenvalue weighted by molar-refractivity contribution is 7.22. The monoisotopic (exact) mass is 762 g/mol. The van der Waals surface area contributed by atoms with Crippen LogP contribution in [0.15, 0.2) is 78.4 Å². The Morgan fingerprint density at radius 2 is 1.72 bits per heavy atom. The van der Waals surface area contributed by atoms with Gasteiger partial charge in [-0.2, -0.15) is 5.10 Å². The molecule has 2 saturated heterocycles. The Labute approximate surface area is 319 Å². The van der Waals surface area contributed by atoms with Gasteiger partial charge in [0.15, 0.2) is 11.6 Å². The number of carbonyl (C=O) groups is 4. The third-order valence-electron chi connectivity index (χ3n) is 12.4. The van der Waals surface area contributed by atoms with Crippen molar-refractivity contribution in [2.75, 3.05) is 9.80 Å². The maximum Gasteiger partial charge on any atom is 0.242 e. The Hall–Kier alpha value is -5.13. The highest BCUT2D eigenvalue weighted by atomic mass is 35.5. The smallest absolute Gasteiger partial charge is 0.242 e. The Morgan fingerprint density at radius 1 is 0.963 bits per heavy atom. The predicted octanol–water partition coefficient (Wildman–Crippen LogP) is 8.11. The second-order valence-corrected chi connectivity index (χ2v) is 16.6. The summed E-state index contributed by atoms with van der Waals surface area (Å²) in [6.07, 6.45) is 3.16. The number of phenolic OH excluding ortho intramolecular Hbond substituents is 1. The van der Waals surface area contributed by atoms with E-state index in [9.17, 15) is 19.5 Å². The maximum absolute atomic E-state index is 15.2. The van der Waals surface area contributed by atoms with E-state index in [1.807, 2.05) is 50.3 Å². The van der Waals surface area contributed by atoms with Gasteiger partial charge < -0.3 is 5.11 Å². The number of halogens is 2. The number of aryl methyl sites for hydroxylation is 3. The lowest BCUT2D eigenvalue weighted by molar-refractivity contribution is -0.131. The van der Waals surface area contributed by atoms with E-state index in [2.05, 4.69) is 0 Å². The van der Waals surface area contributed by atoms with Gasteiger partial charge in [-0.3, -0.25) is 28.8 Å². The van der Waals surface area contributed by atoms with Crippen LogP contribution in [0.3, 0.4) is 0 Å². The summed E-state index contributed by atoms with van der Waals surface area (Å²) in [5.41, 5.74) is 2.91. The highest BCUT2D eigenvalue weighted by Gasteiger charge is 2.68. The van der Waals surface area contributed by atoms with E-state index >= 15 is 9.18 Å². The summed E-state index contributed by atoms with van der Waals surface area (Å²) in [4.78, 5) is 61.5. The molecule has 6 atom stereocenters. The molecule has 3 fully saturated rings. The molecule has 9 rings (SSSR count). The molecule has 5 aromatic rings. The lowest BCUT2D eigenvalue weighted by atomic mass is 9.51. The number of aromatic nitrogens is 2. The number of benzene rings is 3. The van der Waals surface area contributed by atoms with Crippen LogP contribution in [0.4, 0.5) is 15.9 Å². The Balaban J connectivity index is 1.14. The van der Waals surface area contributed by atoms with Crippen molar-refractivity contribution < 1.29 is 28.7 Å². The van der Waals surface area contributed by atoms with E-state index in [0.717, 1.165) is 38.1 Å². The van der Waals surface area contributed by atoms with Gasteiger partial charge in [-0.25, -0.2) is 9.29 Å². The minimum atomic E-state index is -1.38. The lowest BCUT2D eigenvalue weighted by Crippen LogP contribution is -2.49. The molecule has 1 N–H and O–H groups in total. The fraction of sp³-hybridized carbons (Fsp3) is 0.310. The summed E-state index contributed by atoms with van der Waals surface area (Å²) < 4.78 is 17.7. The molecule has 4 heterocycles. The fourth-order valence-corrected chi connectivity index (χ4v) is 11.0. The highest BCUT2D eigenvalue weighted by Crippen LogP contribution is 2.64. The van der Waals surface area contributed by atoms with Crippen LogP contribution in [-0.2, 0) is 32.6 Å². The van der Waals surface area contributed by atoms with Gasteiger partial charge in [0.1, 0.15) is 11.5 Å². The van der Waals surface area contributed by atoms with Gasteiger partial charge in [-0.1, -0.05) is 48.4 Å². The van der Waals surface area contributed by atoms with Crippen LogP contribution in [0.1, 0.15) is 49.3 Å². The molecule has 54 heavy (non-hydrogen) atoms. The lowest BCUT2D eigenvalue weighted by Gasteiger charge is -2.49. The zero-order valence-corrected chi connectivity index (χ0v) is 31.5. The molecule has 9 nitrogen and oxygen atoms in total. The number of allylic oxidation sites excluding steroid dienone is 2. The van der Waals surface area contributed by atoms with Crippen LogP contribution in [0.25, 0.3) is 20.7 Å². The minimum absolute atomic E-state index is 0.157. The Morgan fingerprint density at radius 3 is 2.44 bits per heavy atom. The van der Waals surface area contributed by atoms with Crippen molar-refractivity contribution in [1.82, 2.24) is 9.78 Å². The third kappa shape index (κ3) is 4.76. The third-order valence-corrected chi connectivity index (χ3v) is 13.9. The fourth-order valence-electron chi connectivity index (χ4n) is 9.67. The molecule has 0 radical (unpaired) electrons. The van der Waals surface area contributed by atoms with Gasteiger partial charge >= 0.3 is 0 Å². The van der Waals surface area contributed by atoms with Crippen molar-refractivity contribution >= 4 is 68.2 Å². The number of thiophene rings is 1. The molecule has 0 unspecified atom stereocenters. The molecule has 0 spiro atoms. The van der Waals surface area contributed by atoms with E-state index in [1.165, 1.54) is 26.6 Å². The molecule has 2 aromatic heterocycles. The van der Waals surface area contributed by atoms with Crippen LogP contribution < -0.4 is 9.80 Å². The molecule has 2 aliphatic heterocycles. The number of amides is 4. The number of carbonyl (C=O) groups excluding carboxylic acids is 4. The molecule has 274 valence electrons. The SMILES string of the molecule is CCc1ccc(N2C(=O)[C@H]3[C@H](CC=C4[C@H]3C[C@H]3C(=O)N(c5cc(-c6sc7ccc(Cl)cc7c6C)nn5C)C(=O)[C@@]3(C)[C@H]4c3ccc(O)c(F)c3)C2=O)cc1. The molecule has 3 aromatic carbocycles. The maximum atomic E-state index is 15.2. The number of phenols is 1. The van der Waals surface area contributed by atoms with Crippen molar-refractivity contribution in [1.29, 1.82) is 0 Å². The zero-order chi connectivity index (χ0) is 38.0. The number of hydrogen-bond acceptors (Lipinski definition) is 7. The van der Waals surface area contributed by atoms with Crippen molar-refractivity contribution in [2.24, 2.45) is 36.1 Å². The van der Waals surface area contributed by atoms with Crippen LogP contribution in [0, 0.1) is 41.8 Å². The van der Waals surface area contributed by atoms with Crippen molar-refractivity contribution in [3.05, 3.63) is 106 Å². The number of anilines is 2. The molecule has 4 amide bonds. The largest absolute Gasteiger partial charge is 0.505 e. The summed E-state index contributed by atoms with van der Waals surface area (Å²) in [6, 6.07) is 18.8. The quantitative estimate of drug-likeness (QED) is 0.143. The normalized spacial score (nSPS) is 26.4. The van der Waals surface area contributed by atoms with Gasteiger partial charge in [0.2, 0.25) is 23.6 Å². The molecule has 4 aliphatic rings. The van der Waals surface area contributed by atoms with Crippen LogP contribution in [-0.4, -0.2) is 38.5 Å². The minimum Gasteiger partial charge on any atom is -0.505 e. The number of rotatable bonds is 5. The Bertz CT molecular complexity index is 2510. The topological polar surface area (TPSA) is 113 Å². The number of aromatic hydroxyl groups is 1. The first-order valence-electron chi connectivity index (χ1n) is 18.1. The van der Waals surface area contributed by atoms with Crippen LogP contribution in [0.2, 0.25) is 5.02 Å². The molecule has 12 heteroatoms. The van der Waals surface area contributed by atoms with Gasteiger partial charge in [-0.15, -0.1) is 11.3 Å².